The number of aliphatic hydroxyl groups is 1. The fourth-order valence-corrected chi connectivity index (χ4v) is 0.549. The van der Waals surface area contributed by atoms with Crippen molar-refractivity contribution in [1.29, 1.82) is 0 Å². The lowest BCUT2D eigenvalue weighted by Gasteiger charge is -2.05. The van der Waals surface area contributed by atoms with Gasteiger partial charge in [-0.25, -0.2) is 0 Å². The van der Waals surface area contributed by atoms with Gasteiger partial charge >= 0.3 is 0 Å². The van der Waals surface area contributed by atoms with E-state index in [4.69, 9.17) is 5.11 Å². The van der Waals surface area contributed by atoms with Gasteiger partial charge in [0.15, 0.2) is 0 Å². The molecule has 9 heavy (non-hydrogen) atoms. The summed E-state index contributed by atoms with van der Waals surface area (Å²) >= 11 is 0. The zero-order valence-corrected chi connectivity index (χ0v) is 6.09. The lowest BCUT2D eigenvalue weighted by Crippen LogP contribution is -2.26. The molecule has 0 aromatic heterocycles. The van der Waals surface area contributed by atoms with Gasteiger partial charge < -0.3 is 10.4 Å². The predicted octanol–water partition coefficient (Wildman–Crippen LogP) is 0.533. The van der Waals surface area contributed by atoms with Crippen LogP contribution in [0.5, 0.6) is 0 Å². The van der Waals surface area contributed by atoms with Crippen molar-refractivity contribution in [2.75, 3.05) is 13.7 Å². The molecular formula is C7H15NO. The lowest BCUT2D eigenvalue weighted by molar-refractivity contribution is 0.270. The van der Waals surface area contributed by atoms with Crippen molar-refractivity contribution in [3.8, 4) is 0 Å². The third-order valence-corrected chi connectivity index (χ3v) is 1.17. The van der Waals surface area contributed by atoms with E-state index in [2.05, 4.69) is 12.2 Å². The van der Waals surface area contributed by atoms with Crippen LogP contribution in [0.1, 0.15) is 13.3 Å². The fourth-order valence-electron chi connectivity index (χ4n) is 0.549. The first-order valence-electron chi connectivity index (χ1n) is 3.30. The van der Waals surface area contributed by atoms with Crippen LogP contribution in [0.2, 0.25) is 0 Å². The minimum absolute atomic E-state index is 0.130. The number of allylic oxidation sites excluding steroid dienone is 1. The molecule has 0 saturated heterocycles. The zero-order chi connectivity index (χ0) is 7.11. The van der Waals surface area contributed by atoms with Crippen LogP contribution in [0, 0.1) is 0 Å². The molecule has 0 aliphatic carbocycles. The molecule has 2 heteroatoms. The van der Waals surface area contributed by atoms with E-state index < -0.39 is 0 Å². The highest BCUT2D eigenvalue weighted by atomic mass is 16.3. The molecule has 0 saturated carbocycles. The summed E-state index contributed by atoms with van der Waals surface area (Å²) in [6.07, 6.45) is 5.04. The van der Waals surface area contributed by atoms with Crippen LogP contribution in [0.3, 0.4) is 0 Å². The first kappa shape index (κ1) is 8.66. The van der Waals surface area contributed by atoms with Gasteiger partial charge in [0.25, 0.3) is 0 Å². The van der Waals surface area contributed by atoms with Crippen molar-refractivity contribution in [2.24, 2.45) is 0 Å². The van der Waals surface area contributed by atoms with Gasteiger partial charge in [-0.15, -0.1) is 0 Å². The molecule has 0 heterocycles. The molecule has 2 N–H and O–H groups in total. The Hall–Kier alpha value is -0.340. The van der Waals surface area contributed by atoms with Gasteiger partial charge in [-0.2, -0.15) is 0 Å². The van der Waals surface area contributed by atoms with E-state index in [1.165, 1.54) is 0 Å². The largest absolute Gasteiger partial charge is 0.394 e. The van der Waals surface area contributed by atoms with E-state index in [9.17, 15) is 0 Å². The highest BCUT2D eigenvalue weighted by Gasteiger charge is 1.94. The molecule has 0 spiro atoms. The third-order valence-electron chi connectivity index (χ3n) is 1.17. The van der Waals surface area contributed by atoms with Crippen LogP contribution < -0.4 is 5.32 Å². The standard InChI is InChI=1S/C7H15NO/c1-3-4-5-7(6-9)8-2/h4-5,7-9H,3,6H2,1-2H3/b5-4+/t7-/m0/s1. The monoisotopic (exact) mass is 129 g/mol. The summed E-state index contributed by atoms with van der Waals surface area (Å²) in [7, 11) is 1.83. The van der Waals surface area contributed by atoms with Crippen molar-refractivity contribution in [2.45, 2.75) is 19.4 Å². The van der Waals surface area contributed by atoms with Gasteiger partial charge in [-0.1, -0.05) is 19.1 Å². The van der Waals surface area contributed by atoms with Crippen LogP contribution >= 0.6 is 0 Å². The average molecular weight is 129 g/mol. The maximum atomic E-state index is 8.64. The van der Waals surface area contributed by atoms with E-state index >= 15 is 0 Å². The zero-order valence-electron chi connectivity index (χ0n) is 6.09. The summed E-state index contributed by atoms with van der Waals surface area (Å²) in [5, 5.41) is 11.6. The summed E-state index contributed by atoms with van der Waals surface area (Å²) in [5.74, 6) is 0. The summed E-state index contributed by atoms with van der Waals surface area (Å²) in [5.41, 5.74) is 0. The Labute approximate surface area is 56.6 Å². The molecule has 0 aliphatic heterocycles. The Kier molecular flexibility index (Phi) is 5.57. The highest BCUT2D eigenvalue weighted by Crippen LogP contribution is 1.85. The second kappa shape index (κ2) is 5.79. The van der Waals surface area contributed by atoms with Crippen molar-refractivity contribution in [3.63, 3.8) is 0 Å². The van der Waals surface area contributed by atoms with Gasteiger partial charge in [0.1, 0.15) is 0 Å². The molecule has 1 atom stereocenters. The number of nitrogens with one attached hydrogen (secondary N) is 1. The van der Waals surface area contributed by atoms with Crippen molar-refractivity contribution >= 4 is 0 Å². The van der Waals surface area contributed by atoms with Crippen molar-refractivity contribution in [3.05, 3.63) is 12.2 Å². The smallest absolute Gasteiger partial charge is 0.0620 e. The number of hydrogen-bond acceptors (Lipinski definition) is 2. The molecule has 0 aromatic rings. The second-order valence-electron chi connectivity index (χ2n) is 1.91. The molecule has 0 amide bonds. The molecular weight excluding hydrogens is 114 g/mol. The van der Waals surface area contributed by atoms with Crippen LogP contribution in [-0.4, -0.2) is 24.8 Å². The summed E-state index contributed by atoms with van der Waals surface area (Å²) in [6.45, 7) is 2.24. The number of aliphatic hydroxyl groups excluding tert-OH is 1. The highest BCUT2D eigenvalue weighted by molar-refractivity contribution is 4.91. The molecule has 0 aromatic carbocycles. The topological polar surface area (TPSA) is 32.3 Å². The normalized spacial score (nSPS) is 14.6. The predicted molar refractivity (Wildman–Crippen MR) is 39.4 cm³/mol. The third kappa shape index (κ3) is 4.18. The molecule has 0 fully saturated rings. The Balaban J connectivity index is 3.41. The minimum atomic E-state index is 0.130. The Morgan fingerprint density at radius 1 is 1.67 bits per heavy atom. The van der Waals surface area contributed by atoms with Crippen LogP contribution in [-0.2, 0) is 0 Å². The fraction of sp³-hybridized carbons (Fsp3) is 0.714. The van der Waals surface area contributed by atoms with Crippen LogP contribution in [0.25, 0.3) is 0 Å². The van der Waals surface area contributed by atoms with Crippen molar-refractivity contribution < 1.29 is 5.11 Å². The Morgan fingerprint density at radius 3 is 2.67 bits per heavy atom. The van der Waals surface area contributed by atoms with Gasteiger partial charge in [0.2, 0.25) is 0 Å². The molecule has 0 bridgehead atoms. The van der Waals surface area contributed by atoms with Crippen molar-refractivity contribution in [1.82, 2.24) is 5.32 Å². The number of likely N-dealkylation sites (N-methyl/N-ethyl adjacent to an activating group) is 1. The van der Waals surface area contributed by atoms with E-state index in [1.54, 1.807) is 0 Å². The van der Waals surface area contributed by atoms with E-state index in [-0.39, 0.29) is 12.6 Å². The first-order valence-corrected chi connectivity index (χ1v) is 3.30. The number of rotatable bonds is 4. The first-order chi connectivity index (χ1) is 4.35. The average Bonchev–Trinajstić information content (AvgIpc) is 1.91. The summed E-state index contributed by atoms with van der Waals surface area (Å²) in [6, 6.07) is 0.130. The van der Waals surface area contributed by atoms with E-state index in [1.807, 2.05) is 19.2 Å². The number of hydrogen-bond donors (Lipinski definition) is 2. The maximum absolute atomic E-state index is 8.64. The van der Waals surface area contributed by atoms with Crippen LogP contribution in [0.4, 0.5) is 0 Å². The molecule has 2 nitrogen and oxygen atoms in total. The van der Waals surface area contributed by atoms with E-state index in [0.717, 1.165) is 6.42 Å². The van der Waals surface area contributed by atoms with E-state index in [0.29, 0.717) is 0 Å². The maximum Gasteiger partial charge on any atom is 0.0620 e. The van der Waals surface area contributed by atoms with Gasteiger partial charge in [-0.05, 0) is 13.5 Å². The van der Waals surface area contributed by atoms with Gasteiger partial charge in [-0.3, -0.25) is 0 Å². The molecule has 0 unspecified atom stereocenters. The Bertz CT molecular complexity index is 77.0. The SMILES string of the molecule is CC/C=C/[C@@H](CO)NC. The van der Waals surface area contributed by atoms with Crippen LogP contribution in [0.15, 0.2) is 12.2 Å². The Morgan fingerprint density at radius 2 is 2.33 bits per heavy atom. The molecule has 54 valence electrons. The molecule has 0 aliphatic rings. The summed E-state index contributed by atoms with van der Waals surface area (Å²) < 4.78 is 0. The minimum Gasteiger partial charge on any atom is -0.394 e. The lowest BCUT2D eigenvalue weighted by atomic mass is 10.2. The van der Waals surface area contributed by atoms with Gasteiger partial charge in [0.05, 0.1) is 6.61 Å². The summed E-state index contributed by atoms with van der Waals surface area (Å²) in [4.78, 5) is 0. The molecule has 0 rings (SSSR count). The quantitative estimate of drug-likeness (QED) is 0.543. The van der Waals surface area contributed by atoms with Gasteiger partial charge in [0, 0.05) is 6.04 Å². The molecule has 0 radical (unpaired) electrons. The second-order valence-corrected chi connectivity index (χ2v) is 1.91.